The summed E-state index contributed by atoms with van der Waals surface area (Å²) >= 11 is 1.58. The Morgan fingerprint density at radius 2 is 1.81 bits per heavy atom. The summed E-state index contributed by atoms with van der Waals surface area (Å²) in [7, 11) is 0. The Balaban J connectivity index is 1.17. The van der Waals surface area contributed by atoms with Gasteiger partial charge >= 0.3 is 0 Å². The zero-order chi connectivity index (χ0) is 17.8. The van der Waals surface area contributed by atoms with Crippen LogP contribution in [0.1, 0.15) is 57.8 Å². The van der Waals surface area contributed by atoms with E-state index >= 15 is 0 Å². The molecule has 1 aliphatic carbocycles. The SMILES string of the molecule is O=C(CC1CCCC1)N1CCC(N2CCC(Oc3nccs3)CC2)CC1. The first-order valence-electron chi connectivity index (χ1n) is 10.4. The first-order chi connectivity index (χ1) is 12.8. The highest BCUT2D eigenvalue weighted by atomic mass is 32.1. The predicted molar refractivity (Wildman–Crippen MR) is 104 cm³/mol. The first-order valence-corrected chi connectivity index (χ1v) is 11.2. The number of hydrogen-bond acceptors (Lipinski definition) is 5. The highest BCUT2D eigenvalue weighted by Crippen LogP contribution is 2.29. The lowest BCUT2D eigenvalue weighted by atomic mass is 9.97. The third kappa shape index (κ3) is 4.58. The molecule has 1 saturated carbocycles. The average molecular weight is 378 g/mol. The zero-order valence-corrected chi connectivity index (χ0v) is 16.5. The largest absolute Gasteiger partial charge is 0.467 e. The van der Waals surface area contributed by atoms with Crippen LogP contribution < -0.4 is 4.74 Å². The van der Waals surface area contributed by atoms with Gasteiger partial charge in [-0.3, -0.25) is 9.69 Å². The smallest absolute Gasteiger partial charge is 0.273 e. The Morgan fingerprint density at radius 3 is 2.46 bits per heavy atom. The molecule has 2 aliphatic heterocycles. The molecule has 0 aromatic carbocycles. The van der Waals surface area contributed by atoms with Crippen LogP contribution in [0.15, 0.2) is 11.6 Å². The summed E-state index contributed by atoms with van der Waals surface area (Å²) in [4.78, 5) is 21.5. The van der Waals surface area contributed by atoms with E-state index in [0.29, 0.717) is 24.0 Å². The standard InChI is InChI=1S/C20H31N3O2S/c24-19(15-16-3-1-2-4-16)23-10-5-17(6-11-23)22-12-7-18(8-13-22)25-20-21-9-14-26-20/h9,14,16-18H,1-8,10-13,15H2. The van der Waals surface area contributed by atoms with Crippen molar-refractivity contribution in [1.29, 1.82) is 0 Å². The van der Waals surface area contributed by atoms with Gasteiger partial charge in [0.15, 0.2) is 0 Å². The van der Waals surface area contributed by atoms with E-state index in [1.54, 1.807) is 17.5 Å². The maximum absolute atomic E-state index is 12.5. The number of amides is 1. The van der Waals surface area contributed by atoms with Crippen molar-refractivity contribution in [2.24, 2.45) is 5.92 Å². The van der Waals surface area contributed by atoms with E-state index in [9.17, 15) is 4.79 Å². The summed E-state index contributed by atoms with van der Waals surface area (Å²) in [6.45, 7) is 4.12. The predicted octanol–water partition coefficient (Wildman–Crippen LogP) is 3.56. The normalized spacial score (nSPS) is 24.2. The van der Waals surface area contributed by atoms with Crippen molar-refractivity contribution in [3.63, 3.8) is 0 Å². The van der Waals surface area contributed by atoms with Crippen molar-refractivity contribution < 1.29 is 9.53 Å². The summed E-state index contributed by atoms with van der Waals surface area (Å²) in [6, 6.07) is 0.645. The van der Waals surface area contributed by atoms with Crippen molar-refractivity contribution in [3.8, 4) is 5.19 Å². The van der Waals surface area contributed by atoms with Crippen molar-refractivity contribution >= 4 is 17.2 Å². The molecule has 0 atom stereocenters. The van der Waals surface area contributed by atoms with E-state index in [1.165, 1.54) is 25.7 Å². The molecule has 26 heavy (non-hydrogen) atoms. The molecule has 144 valence electrons. The third-order valence-corrected chi connectivity index (χ3v) is 7.09. The molecule has 4 rings (SSSR count). The number of aromatic nitrogens is 1. The maximum atomic E-state index is 12.5. The van der Waals surface area contributed by atoms with Crippen LogP contribution in [0.3, 0.4) is 0 Å². The van der Waals surface area contributed by atoms with Crippen molar-refractivity contribution in [2.75, 3.05) is 26.2 Å². The van der Waals surface area contributed by atoms with E-state index < -0.39 is 0 Å². The summed E-state index contributed by atoms with van der Waals surface area (Å²) in [5.41, 5.74) is 0. The molecule has 0 bridgehead atoms. The topological polar surface area (TPSA) is 45.7 Å². The van der Waals surface area contributed by atoms with Crippen LogP contribution in [0.2, 0.25) is 0 Å². The van der Waals surface area contributed by atoms with Gasteiger partial charge in [-0.2, -0.15) is 0 Å². The Labute approximate surface area is 160 Å². The summed E-state index contributed by atoms with van der Waals surface area (Å²) in [5.74, 6) is 1.07. The number of ether oxygens (including phenoxy) is 1. The van der Waals surface area contributed by atoms with E-state index in [4.69, 9.17) is 4.74 Å². The van der Waals surface area contributed by atoms with Gasteiger partial charge in [0.05, 0.1) is 0 Å². The Morgan fingerprint density at radius 1 is 1.08 bits per heavy atom. The number of rotatable bonds is 5. The second-order valence-corrected chi connectivity index (χ2v) is 8.97. The molecule has 3 aliphatic rings. The number of thiazole rings is 1. The van der Waals surface area contributed by atoms with Gasteiger partial charge in [0.2, 0.25) is 5.91 Å². The minimum atomic E-state index is 0.311. The van der Waals surface area contributed by atoms with Gasteiger partial charge in [-0.25, -0.2) is 4.98 Å². The van der Waals surface area contributed by atoms with Gasteiger partial charge in [0.25, 0.3) is 5.19 Å². The van der Waals surface area contributed by atoms with E-state index in [2.05, 4.69) is 14.8 Å². The van der Waals surface area contributed by atoms with Gasteiger partial charge in [-0.05, 0) is 44.4 Å². The zero-order valence-electron chi connectivity index (χ0n) is 15.6. The number of nitrogens with zero attached hydrogens (tertiary/aromatic N) is 3. The number of carbonyl (C=O) groups is 1. The average Bonchev–Trinajstić information content (AvgIpc) is 3.37. The second kappa shape index (κ2) is 8.70. The van der Waals surface area contributed by atoms with E-state index in [-0.39, 0.29) is 0 Å². The minimum Gasteiger partial charge on any atom is -0.467 e. The number of carbonyl (C=O) groups excluding carboxylic acids is 1. The van der Waals surface area contributed by atoms with E-state index in [1.807, 2.05) is 5.38 Å². The number of likely N-dealkylation sites (tertiary alicyclic amines) is 2. The minimum absolute atomic E-state index is 0.311. The summed E-state index contributed by atoms with van der Waals surface area (Å²) in [5, 5.41) is 2.77. The molecule has 0 radical (unpaired) electrons. The molecule has 0 N–H and O–H groups in total. The fraction of sp³-hybridized carbons (Fsp3) is 0.800. The van der Waals surface area contributed by atoms with Crippen LogP contribution in [-0.2, 0) is 4.79 Å². The number of piperidine rings is 2. The quantitative estimate of drug-likeness (QED) is 0.787. The summed E-state index contributed by atoms with van der Waals surface area (Å²) < 4.78 is 5.97. The van der Waals surface area contributed by atoms with Crippen LogP contribution in [0.4, 0.5) is 0 Å². The van der Waals surface area contributed by atoms with Gasteiger partial charge in [-0.1, -0.05) is 24.2 Å². The molecule has 1 aromatic heterocycles. The van der Waals surface area contributed by atoms with Crippen LogP contribution in [0.25, 0.3) is 0 Å². The molecule has 6 heteroatoms. The van der Waals surface area contributed by atoms with Crippen LogP contribution in [-0.4, -0.2) is 59.0 Å². The Hall–Kier alpha value is -1.14. The lowest BCUT2D eigenvalue weighted by Crippen LogP contribution is -2.50. The van der Waals surface area contributed by atoms with Gasteiger partial charge in [-0.15, -0.1) is 0 Å². The molecule has 2 saturated heterocycles. The molecule has 5 nitrogen and oxygen atoms in total. The van der Waals surface area contributed by atoms with Gasteiger partial charge in [0.1, 0.15) is 6.10 Å². The fourth-order valence-electron chi connectivity index (χ4n) is 4.84. The molecule has 3 fully saturated rings. The lowest BCUT2D eigenvalue weighted by molar-refractivity contribution is -0.133. The van der Waals surface area contributed by atoms with Crippen LogP contribution >= 0.6 is 11.3 Å². The molecule has 1 aromatic rings. The lowest BCUT2D eigenvalue weighted by Gasteiger charge is -2.41. The van der Waals surface area contributed by atoms with Crippen LogP contribution in [0.5, 0.6) is 5.19 Å². The van der Waals surface area contributed by atoms with Crippen molar-refractivity contribution in [3.05, 3.63) is 11.6 Å². The van der Waals surface area contributed by atoms with E-state index in [0.717, 1.165) is 63.5 Å². The maximum Gasteiger partial charge on any atom is 0.273 e. The Kier molecular flexibility index (Phi) is 6.10. The highest BCUT2D eigenvalue weighted by Gasteiger charge is 2.31. The summed E-state index contributed by atoms with van der Waals surface area (Å²) in [6.07, 6.45) is 12.5. The van der Waals surface area contributed by atoms with Gasteiger partial charge in [0, 0.05) is 50.2 Å². The fourth-order valence-corrected chi connectivity index (χ4v) is 5.39. The van der Waals surface area contributed by atoms with Gasteiger partial charge < -0.3 is 9.64 Å². The Bertz CT molecular complexity index is 558. The van der Waals surface area contributed by atoms with Crippen molar-refractivity contribution in [2.45, 2.75) is 69.9 Å². The molecule has 0 spiro atoms. The second-order valence-electron chi connectivity index (χ2n) is 8.12. The molecule has 3 heterocycles. The molecular weight excluding hydrogens is 346 g/mol. The highest BCUT2D eigenvalue weighted by molar-refractivity contribution is 7.11. The van der Waals surface area contributed by atoms with Crippen LogP contribution in [0, 0.1) is 5.92 Å². The monoisotopic (exact) mass is 377 g/mol. The van der Waals surface area contributed by atoms with Crippen molar-refractivity contribution in [1.82, 2.24) is 14.8 Å². The molecule has 1 amide bonds. The molecular formula is C20H31N3O2S. The third-order valence-electron chi connectivity index (χ3n) is 6.43. The first kappa shape index (κ1) is 18.2. The molecule has 0 unspecified atom stereocenters. The number of hydrogen-bond donors (Lipinski definition) is 0.